The minimum atomic E-state index is -0.201. The first-order chi connectivity index (χ1) is 7.85. The van der Waals surface area contributed by atoms with E-state index >= 15 is 0 Å². The Morgan fingerprint density at radius 1 is 1.38 bits per heavy atom. The standard InChI is InChI=1S/C13H22N2O/c1-2-11-5-3-4-6-13(11)15-7-8-16-12(9-14)10-15/h11-13H,2-8,10H2,1H3. The lowest BCUT2D eigenvalue weighted by Crippen LogP contribution is -2.50. The third-order valence-electron chi connectivity index (χ3n) is 4.10. The number of morpholine rings is 1. The highest BCUT2D eigenvalue weighted by Gasteiger charge is 2.32. The molecule has 0 aromatic heterocycles. The quantitative estimate of drug-likeness (QED) is 0.718. The molecule has 1 aliphatic carbocycles. The summed E-state index contributed by atoms with van der Waals surface area (Å²) in [6.07, 6.45) is 6.51. The summed E-state index contributed by atoms with van der Waals surface area (Å²) in [7, 11) is 0. The maximum absolute atomic E-state index is 8.93. The monoisotopic (exact) mass is 222 g/mol. The predicted octanol–water partition coefficient (Wildman–Crippen LogP) is 2.18. The second kappa shape index (κ2) is 5.65. The van der Waals surface area contributed by atoms with Crippen LogP contribution in [0.3, 0.4) is 0 Å². The zero-order chi connectivity index (χ0) is 11.4. The Morgan fingerprint density at radius 3 is 2.94 bits per heavy atom. The van der Waals surface area contributed by atoms with Crippen molar-refractivity contribution in [3.63, 3.8) is 0 Å². The van der Waals surface area contributed by atoms with Gasteiger partial charge in [-0.1, -0.05) is 26.2 Å². The highest BCUT2D eigenvalue weighted by Crippen LogP contribution is 2.31. The van der Waals surface area contributed by atoms with E-state index in [4.69, 9.17) is 10.00 Å². The van der Waals surface area contributed by atoms with Gasteiger partial charge in [0.25, 0.3) is 0 Å². The van der Waals surface area contributed by atoms with Crippen LogP contribution in [0.2, 0.25) is 0 Å². The molecule has 0 bridgehead atoms. The summed E-state index contributed by atoms with van der Waals surface area (Å²) in [4.78, 5) is 2.50. The van der Waals surface area contributed by atoms with Crippen LogP contribution in [0.5, 0.6) is 0 Å². The molecule has 1 saturated carbocycles. The first-order valence-electron chi connectivity index (χ1n) is 6.60. The summed E-state index contributed by atoms with van der Waals surface area (Å²) < 4.78 is 5.41. The zero-order valence-corrected chi connectivity index (χ0v) is 10.2. The molecule has 2 rings (SSSR count). The van der Waals surface area contributed by atoms with Crippen molar-refractivity contribution in [1.29, 1.82) is 5.26 Å². The van der Waals surface area contributed by atoms with Crippen molar-refractivity contribution in [2.45, 2.75) is 51.2 Å². The smallest absolute Gasteiger partial charge is 0.156 e. The minimum absolute atomic E-state index is 0.201. The van der Waals surface area contributed by atoms with Gasteiger partial charge in [-0.3, -0.25) is 4.90 Å². The number of nitriles is 1. The van der Waals surface area contributed by atoms with E-state index in [0.29, 0.717) is 6.04 Å². The minimum Gasteiger partial charge on any atom is -0.361 e. The van der Waals surface area contributed by atoms with Gasteiger partial charge in [0.2, 0.25) is 0 Å². The lowest BCUT2D eigenvalue weighted by Gasteiger charge is -2.42. The van der Waals surface area contributed by atoms with Gasteiger partial charge in [0, 0.05) is 19.1 Å². The van der Waals surface area contributed by atoms with E-state index in [1.807, 2.05) is 0 Å². The summed E-state index contributed by atoms with van der Waals surface area (Å²) in [5.74, 6) is 0.839. The normalized spacial score (nSPS) is 36.9. The predicted molar refractivity (Wildman–Crippen MR) is 63.0 cm³/mol. The molecule has 1 aliphatic heterocycles. The number of ether oxygens (including phenoxy) is 1. The number of hydrogen-bond acceptors (Lipinski definition) is 3. The lowest BCUT2D eigenvalue weighted by molar-refractivity contribution is -0.0356. The van der Waals surface area contributed by atoms with Crippen LogP contribution >= 0.6 is 0 Å². The van der Waals surface area contributed by atoms with Crippen molar-refractivity contribution in [2.24, 2.45) is 5.92 Å². The molecule has 2 fully saturated rings. The van der Waals surface area contributed by atoms with E-state index in [0.717, 1.165) is 25.6 Å². The molecule has 3 heteroatoms. The highest BCUT2D eigenvalue weighted by atomic mass is 16.5. The van der Waals surface area contributed by atoms with Crippen LogP contribution in [0.25, 0.3) is 0 Å². The van der Waals surface area contributed by atoms with Crippen molar-refractivity contribution in [1.82, 2.24) is 4.90 Å². The van der Waals surface area contributed by atoms with Gasteiger partial charge in [0.05, 0.1) is 12.7 Å². The molecule has 2 aliphatic rings. The van der Waals surface area contributed by atoms with Gasteiger partial charge in [-0.15, -0.1) is 0 Å². The van der Waals surface area contributed by atoms with E-state index in [2.05, 4.69) is 17.9 Å². The molecule has 0 aromatic rings. The number of hydrogen-bond donors (Lipinski definition) is 0. The maximum Gasteiger partial charge on any atom is 0.156 e. The summed E-state index contributed by atoms with van der Waals surface area (Å²) in [6.45, 7) is 4.85. The highest BCUT2D eigenvalue weighted by molar-refractivity contribution is 4.93. The van der Waals surface area contributed by atoms with Gasteiger partial charge in [-0.2, -0.15) is 5.26 Å². The van der Waals surface area contributed by atoms with Crippen LogP contribution in [-0.2, 0) is 4.74 Å². The van der Waals surface area contributed by atoms with Crippen LogP contribution in [0.1, 0.15) is 39.0 Å². The Labute approximate surface area is 98.4 Å². The fraction of sp³-hybridized carbons (Fsp3) is 0.923. The van der Waals surface area contributed by atoms with Gasteiger partial charge >= 0.3 is 0 Å². The molecule has 3 nitrogen and oxygen atoms in total. The van der Waals surface area contributed by atoms with E-state index < -0.39 is 0 Å². The first-order valence-corrected chi connectivity index (χ1v) is 6.60. The molecule has 90 valence electrons. The fourth-order valence-electron chi connectivity index (χ4n) is 3.19. The number of rotatable bonds is 2. The molecule has 0 N–H and O–H groups in total. The van der Waals surface area contributed by atoms with Gasteiger partial charge in [-0.25, -0.2) is 0 Å². The van der Waals surface area contributed by atoms with Gasteiger partial charge in [0.1, 0.15) is 0 Å². The Morgan fingerprint density at radius 2 is 2.19 bits per heavy atom. The van der Waals surface area contributed by atoms with Gasteiger partial charge < -0.3 is 4.74 Å². The Hall–Kier alpha value is -0.590. The largest absolute Gasteiger partial charge is 0.361 e. The molecule has 0 radical (unpaired) electrons. The number of nitrogens with zero attached hydrogens (tertiary/aromatic N) is 2. The van der Waals surface area contributed by atoms with Crippen LogP contribution in [-0.4, -0.2) is 36.7 Å². The molecule has 0 spiro atoms. The topological polar surface area (TPSA) is 36.3 Å². The van der Waals surface area contributed by atoms with E-state index in [1.54, 1.807) is 0 Å². The van der Waals surface area contributed by atoms with Crippen molar-refractivity contribution >= 4 is 0 Å². The molecule has 16 heavy (non-hydrogen) atoms. The van der Waals surface area contributed by atoms with Gasteiger partial charge in [0.15, 0.2) is 6.10 Å². The summed E-state index contributed by atoms with van der Waals surface area (Å²) in [5, 5.41) is 8.93. The average molecular weight is 222 g/mol. The average Bonchev–Trinajstić information content (AvgIpc) is 2.38. The van der Waals surface area contributed by atoms with Crippen molar-refractivity contribution in [2.75, 3.05) is 19.7 Å². The molecule has 3 atom stereocenters. The molecule has 3 unspecified atom stereocenters. The van der Waals surface area contributed by atoms with Crippen molar-refractivity contribution in [3.8, 4) is 6.07 Å². The summed E-state index contributed by atoms with van der Waals surface area (Å²) in [5.41, 5.74) is 0. The Bertz CT molecular complexity index is 261. The second-order valence-corrected chi connectivity index (χ2v) is 5.00. The third kappa shape index (κ3) is 2.56. The summed E-state index contributed by atoms with van der Waals surface area (Å²) in [6, 6.07) is 2.95. The van der Waals surface area contributed by atoms with E-state index in [1.165, 1.54) is 32.1 Å². The Balaban J connectivity index is 1.96. The fourth-order valence-corrected chi connectivity index (χ4v) is 3.19. The first kappa shape index (κ1) is 11.9. The van der Waals surface area contributed by atoms with Crippen molar-refractivity contribution < 1.29 is 4.74 Å². The lowest BCUT2D eigenvalue weighted by atomic mass is 9.81. The zero-order valence-electron chi connectivity index (χ0n) is 10.2. The maximum atomic E-state index is 8.93. The van der Waals surface area contributed by atoms with Crippen LogP contribution < -0.4 is 0 Å². The van der Waals surface area contributed by atoms with Crippen molar-refractivity contribution in [3.05, 3.63) is 0 Å². The third-order valence-corrected chi connectivity index (χ3v) is 4.10. The molecule has 0 amide bonds. The van der Waals surface area contributed by atoms with Crippen LogP contribution in [0.15, 0.2) is 0 Å². The second-order valence-electron chi connectivity index (χ2n) is 5.00. The molecule has 0 aromatic carbocycles. The van der Waals surface area contributed by atoms with E-state index in [9.17, 15) is 0 Å². The summed E-state index contributed by atoms with van der Waals surface area (Å²) >= 11 is 0. The SMILES string of the molecule is CCC1CCCCC1N1CCOC(C#N)C1. The molecule has 1 heterocycles. The molecular formula is C13H22N2O. The molecular weight excluding hydrogens is 200 g/mol. The van der Waals surface area contributed by atoms with Crippen LogP contribution in [0.4, 0.5) is 0 Å². The Kier molecular flexibility index (Phi) is 4.20. The molecule has 1 saturated heterocycles. The van der Waals surface area contributed by atoms with Crippen LogP contribution in [0, 0.1) is 17.2 Å². The van der Waals surface area contributed by atoms with Gasteiger partial charge in [-0.05, 0) is 18.8 Å². The van der Waals surface area contributed by atoms with E-state index in [-0.39, 0.29) is 6.10 Å².